The van der Waals surface area contributed by atoms with E-state index in [4.69, 9.17) is 0 Å². The molecule has 0 fully saturated rings. The van der Waals surface area contributed by atoms with Crippen LogP contribution in [0, 0.1) is 12.8 Å². The lowest BCUT2D eigenvalue weighted by atomic mass is 9.99. The molecule has 1 amide bonds. The Labute approximate surface area is 149 Å². The molecule has 0 radical (unpaired) electrons. The number of carboxylic acids is 1. The van der Waals surface area contributed by atoms with Gasteiger partial charge in [-0.2, -0.15) is 5.10 Å². The number of amides is 1. The van der Waals surface area contributed by atoms with Crippen molar-refractivity contribution in [1.82, 2.24) is 15.1 Å². The molecule has 7 heteroatoms. The van der Waals surface area contributed by atoms with Crippen LogP contribution in [0.2, 0.25) is 0 Å². The van der Waals surface area contributed by atoms with Gasteiger partial charge in [0, 0.05) is 4.47 Å². The summed E-state index contributed by atoms with van der Waals surface area (Å²) in [6.45, 7) is 5.47. The Morgan fingerprint density at radius 3 is 2.71 bits per heavy atom. The van der Waals surface area contributed by atoms with Gasteiger partial charge in [-0.25, -0.2) is 9.48 Å². The highest BCUT2D eigenvalue weighted by Gasteiger charge is 2.27. The van der Waals surface area contributed by atoms with E-state index in [1.54, 1.807) is 18.5 Å². The molecule has 6 nitrogen and oxygen atoms in total. The predicted octanol–water partition coefficient (Wildman–Crippen LogP) is 3.17. The molecule has 2 aromatic rings. The first-order valence-electron chi connectivity index (χ1n) is 7.69. The molecule has 0 aliphatic heterocycles. The van der Waals surface area contributed by atoms with Gasteiger partial charge in [0.25, 0.3) is 5.91 Å². The van der Waals surface area contributed by atoms with Crippen molar-refractivity contribution in [3.8, 4) is 5.69 Å². The minimum atomic E-state index is -1.03. The molecule has 2 rings (SSSR count). The minimum Gasteiger partial charge on any atom is -0.480 e. The maximum atomic E-state index is 12.5. The molecule has 0 aliphatic rings. The van der Waals surface area contributed by atoms with Gasteiger partial charge in [0.05, 0.1) is 23.1 Å². The number of halogens is 1. The Kier molecular flexibility index (Phi) is 5.77. The number of nitrogens with one attached hydrogen (secondary N) is 1. The van der Waals surface area contributed by atoms with Gasteiger partial charge < -0.3 is 10.4 Å². The predicted molar refractivity (Wildman–Crippen MR) is 94.3 cm³/mol. The second kappa shape index (κ2) is 7.61. The van der Waals surface area contributed by atoms with Crippen LogP contribution < -0.4 is 5.32 Å². The third-order valence-electron chi connectivity index (χ3n) is 4.07. The zero-order valence-electron chi connectivity index (χ0n) is 13.8. The van der Waals surface area contributed by atoms with Crippen molar-refractivity contribution >= 4 is 27.8 Å². The zero-order valence-corrected chi connectivity index (χ0v) is 15.4. The van der Waals surface area contributed by atoms with Gasteiger partial charge in [-0.05, 0) is 31.0 Å². The van der Waals surface area contributed by atoms with Gasteiger partial charge in [-0.3, -0.25) is 4.79 Å². The summed E-state index contributed by atoms with van der Waals surface area (Å²) in [5, 5.41) is 16.2. The van der Waals surface area contributed by atoms with E-state index in [0.29, 0.717) is 17.7 Å². The summed E-state index contributed by atoms with van der Waals surface area (Å²) in [7, 11) is 0. The van der Waals surface area contributed by atoms with E-state index in [9.17, 15) is 14.7 Å². The summed E-state index contributed by atoms with van der Waals surface area (Å²) in [5.74, 6) is -1.62. The number of rotatable bonds is 6. The molecule has 0 bridgehead atoms. The van der Waals surface area contributed by atoms with Crippen molar-refractivity contribution in [3.63, 3.8) is 0 Å². The molecule has 0 saturated carbocycles. The Morgan fingerprint density at radius 1 is 1.42 bits per heavy atom. The average Bonchev–Trinajstić information content (AvgIpc) is 2.93. The summed E-state index contributed by atoms with van der Waals surface area (Å²) in [6.07, 6.45) is 2.12. The Hall–Kier alpha value is -2.15. The monoisotopic (exact) mass is 393 g/mol. The van der Waals surface area contributed by atoms with E-state index in [0.717, 1.165) is 10.2 Å². The molecular formula is C17H20BrN3O3. The molecule has 0 unspecified atom stereocenters. The van der Waals surface area contributed by atoms with Crippen LogP contribution in [0.3, 0.4) is 0 Å². The van der Waals surface area contributed by atoms with Crippen LogP contribution in [0.25, 0.3) is 5.69 Å². The van der Waals surface area contributed by atoms with Crippen LogP contribution in [0.15, 0.2) is 34.9 Å². The topological polar surface area (TPSA) is 84.2 Å². The molecule has 0 spiro atoms. The highest BCUT2D eigenvalue weighted by Crippen LogP contribution is 2.19. The van der Waals surface area contributed by atoms with Crippen molar-refractivity contribution in [3.05, 3.63) is 46.2 Å². The summed E-state index contributed by atoms with van der Waals surface area (Å²) in [5.41, 5.74) is 1.83. The Balaban J connectivity index is 2.27. The average molecular weight is 394 g/mol. The lowest BCUT2D eigenvalue weighted by molar-refractivity contribution is -0.140. The number of hydrogen-bond donors (Lipinski definition) is 2. The van der Waals surface area contributed by atoms with Gasteiger partial charge >= 0.3 is 5.97 Å². The first kappa shape index (κ1) is 18.2. The van der Waals surface area contributed by atoms with E-state index in [-0.39, 0.29) is 5.92 Å². The molecule has 128 valence electrons. The minimum absolute atomic E-state index is 0.160. The quantitative estimate of drug-likeness (QED) is 0.788. The fraction of sp³-hybridized carbons (Fsp3) is 0.353. The van der Waals surface area contributed by atoms with Gasteiger partial charge in [-0.15, -0.1) is 0 Å². The molecule has 1 aromatic carbocycles. The number of aliphatic carboxylic acids is 1. The molecular weight excluding hydrogens is 374 g/mol. The van der Waals surface area contributed by atoms with Gasteiger partial charge in [0.1, 0.15) is 6.04 Å². The van der Waals surface area contributed by atoms with Gasteiger partial charge in [0.2, 0.25) is 0 Å². The first-order chi connectivity index (χ1) is 11.3. The fourth-order valence-electron chi connectivity index (χ4n) is 2.40. The lowest BCUT2D eigenvalue weighted by Gasteiger charge is -2.20. The van der Waals surface area contributed by atoms with E-state index in [1.807, 2.05) is 31.2 Å². The number of carboxylic acid groups (broad SMARTS) is 1. The van der Waals surface area contributed by atoms with E-state index in [1.165, 1.54) is 6.20 Å². The summed E-state index contributed by atoms with van der Waals surface area (Å²) >= 11 is 3.41. The van der Waals surface area contributed by atoms with Crippen LogP contribution in [-0.2, 0) is 4.79 Å². The van der Waals surface area contributed by atoms with Crippen molar-refractivity contribution < 1.29 is 14.7 Å². The Morgan fingerprint density at radius 2 is 2.12 bits per heavy atom. The number of hydrogen-bond acceptors (Lipinski definition) is 3. The largest absolute Gasteiger partial charge is 0.480 e. The van der Waals surface area contributed by atoms with Crippen LogP contribution in [-0.4, -0.2) is 32.8 Å². The van der Waals surface area contributed by atoms with E-state index >= 15 is 0 Å². The number of aromatic nitrogens is 2. The van der Waals surface area contributed by atoms with Crippen molar-refractivity contribution in [2.75, 3.05) is 0 Å². The standard InChI is InChI=1S/C17H20BrN3O3/c1-4-10(2)15(17(23)24)20-16(22)14-9-19-21(11(14)3)13-7-5-6-12(18)8-13/h5-10,15H,4H2,1-3H3,(H,20,22)(H,23,24)/t10-,15-/m0/s1. The summed E-state index contributed by atoms with van der Waals surface area (Å²) < 4.78 is 2.56. The lowest BCUT2D eigenvalue weighted by Crippen LogP contribution is -2.45. The van der Waals surface area contributed by atoms with Crippen LogP contribution in [0.4, 0.5) is 0 Å². The first-order valence-corrected chi connectivity index (χ1v) is 8.48. The van der Waals surface area contributed by atoms with Crippen LogP contribution in [0.1, 0.15) is 36.3 Å². The van der Waals surface area contributed by atoms with Crippen LogP contribution >= 0.6 is 15.9 Å². The highest BCUT2D eigenvalue weighted by atomic mass is 79.9. The maximum Gasteiger partial charge on any atom is 0.326 e. The van der Waals surface area contributed by atoms with E-state index < -0.39 is 17.9 Å². The maximum absolute atomic E-state index is 12.5. The molecule has 2 N–H and O–H groups in total. The molecule has 2 atom stereocenters. The number of carbonyl (C=O) groups is 2. The Bertz CT molecular complexity index is 757. The molecule has 0 aliphatic carbocycles. The second-order valence-electron chi connectivity index (χ2n) is 5.71. The molecule has 24 heavy (non-hydrogen) atoms. The zero-order chi connectivity index (χ0) is 17.9. The number of carbonyl (C=O) groups excluding carboxylic acids is 1. The normalized spacial score (nSPS) is 13.3. The van der Waals surface area contributed by atoms with Crippen molar-refractivity contribution in [2.24, 2.45) is 5.92 Å². The summed E-state index contributed by atoms with van der Waals surface area (Å²) in [6, 6.07) is 6.63. The van der Waals surface area contributed by atoms with Crippen molar-refractivity contribution in [2.45, 2.75) is 33.2 Å². The third-order valence-corrected chi connectivity index (χ3v) is 4.57. The second-order valence-corrected chi connectivity index (χ2v) is 6.63. The molecule has 1 heterocycles. The van der Waals surface area contributed by atoms with Crippen molar-refractivity contribution in [1.29, 1.82) is 0 Å². The van der Waals surface area contributed by atoms with Gasteiger partial charge in [0.15, 0.2) is 0 Å². The van der Waals surface area contributed by atoms with Gasteiger partial charge in [-0.1, -0.05) is 42.3 Å². The van der Waals surface area contributed by atoms with E-state index in [2.05, 4.69) is 26.3 Å². The molecule has 1 aromatic heterocycles. The highest BCUT2D eigenvalue weighted by molar-refractivity contribution is 9.10. The molecule has 0 saturated heterocycles. The fourth-order valence-corrected chi connectivity index (χ4v) is 2.79. The number of benzene rings is 1. The van der Waals surface area contributed by atoms with Crippen LogP contribution in [0.5, 0.6) is 0 Å². The third kappa shape index (κ3) is 3.84. The summed E-state index contributed by atoms with van der Waals surface area (Å²) in [4.78, 5) is 23.9. The smallest absolute Gasteiger partial charge is 0.326 e. The SMILES string of the molecule is CC[C@H](C)[C@H](NC(=O)c1cnn(-c2cccc(Br)c2)c1C)C(=O)O. The number of nitrogens with zero attached hydrogens (tertiary/aromatic N) is 2.